The fourth-order valence-corrected chi connectivity index (χ4v) is 3.25. The molecule has 0 aliphatic heterocycles. The molecular weight excluding hydrogens is 294 g/mol. The maximum Gasteiger partial charge on any atom is 0.224 e. The molecule has 114 valence electrons. The van der Waals surface area contributed by atoms with Gasteiger partial charge in [0.1, 0.15) is 5.58 Å². The molecule has 3 aromatic rings. The molecule has 0 unspecified atom stereocenters. The lowest BCUT2D eigenvalue weighted by Crippen LogP contribution is -2.26. The highest BCUT2D eigenvalue weighted by Gasteiger charge is 2.12. The van der Waals surface area contributed by atoms with E-state index in [9.17, 15) is 4.79 Å². The Balaban J connectivity index is 1.63. The van der Waals surface area contributed by atoms with Gasteiger partial charge in [0.2, 0.25) is 5.91 Å². The molecule has 0 aliphatic rings. The summed E-state index contributed by atoms with van der Waals surface area (Å²) in [6.07, 6.45) is 2.95. The van der Waals surface area contributed by atoms with E-state index in [2.05, 4.69) is 29.8 Å². The van der Waals surface area contributed by atoms with E-state index >= 15 is 0 Å². The van der Waals surface area contributed by atoms with Crippen molar-refractivity contribution in [3.05, 3.63) is 57.5 Å². The second-order valence-electron chi connectivity index (χ2n) is 5.50. The number of benzene rings is 1. The van der Waals surface area contributed by atoms with E-state index in [4.69, 9.17) is 4.42 Å². The highest BCUT2D eigenvalue weighted by molar-refractivity contribution is 7.09. The Labute approximate surface area is 134 Å². The Kier molecular flexibility index (Phi) is 4.29. The minimum absolute atomic E-state index is 0.0393. The van der Waals surface area contributed by atoms with E-state index in [-0.39, 0.29) is 5.91 Å². The number of rotatable bonds is 5. The first-order chi connectivity index (χ1) is 10.6. The van der Waals surface area contributed by atoms with Crippen LogP contribution < -0.4 is 5.32 Å². The number of furan rings is 1. The smallest absolute Gasteiger partial charge is 0.224 e. The Morgan fingerprint density at radius 1 is 1.27 bits per heavy atom. The molecule has 0 fully saturated rings. The van der Waals surface area contributed by atoms with Crippen LogP contribution in [0.25, 0.3) is 11.0 Å². The van der Waals surface area contributed by atoms with Gasteiger partial charge < -0.3 is 9.73 Å². The van der Waals surface area contributed by atoms with Crippen molar-refractivity contribution in [3.8, 4) is 0 Å². The summed E-state index contributed by atoms with van der Waals surface area (Å²) in [5.74, 6) is 0.0393. The lowest BCUT2D eigenvalue weighted by molar-refractivity contribution is -0.120. The third-order valence-corrected chi connectivity index (χ3v) is 4.90. The molecule has 2 aromatic heterocycles. The molecule has 4 heteroatoms. The highest BCUT2D eigenvalue weighted by atomic mass is 32.1. The maximum absolute atomic E-state index is 12.1. The van der Waals surface area contributed by atoms with E-state index in [0.717, 1.165) is 28.5 Å². The topological polar surface area (TPSA) is 42.2 Å². The molecule has 0 bridgehead atoms. The van der Waals surface area contributed by atoms with Crippen LogP contribution in [-0.2, 0) is 17.6 Å². The number of hydrogen-bond donors (Lipinski definition) is 1. The van der Waals surface area contributed by atoms with Crippen LogP contribution in [0.4, 0.5) is 0 Å². The Hall–Kier alpha value is -2.07. The molecular formula is C18H19NO2S. The van der Waals surface area contributed by atoms with Crippen LogP contribution in [0.2, 0.25) is 0 Å². The van der Waals surface area contributed by atoms with Crippen LogP contribution in [0.1, 0.15) is 21.6 Å². The molecule has 0 saturated heterocycles. The van der Waals surface area contributed by atoms with Gasteiger partial charge in [-0.05, 0) is 42.8 Å². The number of aryl methyl sites for hydroxylation is 2. The number of hydrogen-bond acceptors (Lipinski definition) is 3. The average molecular weight is 313 g/mol. The van der Waals surface area contributed by atoms with Gasteiger partial charge >= 0.3 is 0 Å². The van der Waals surface area contributed by atoms with Crippen molar-refractivity contribution >= 4 is 28.2 Å². The molecule has 0 atom stereocenters. The summed E-state index contributed by atoms with van der Waals surface area (Å²) in [6.45, 7) is 4.79. The molecule has 22 heavy (non-hydrogen) atoms. The van der Waals surface area contributed by atoms with Gasteiger partial charge in [-0.1, -0.05) is 18.2 Å². The van der Waals surface area contributed by atoms with Crippen LogP contribution in [0.3, 0.4) is 0 Å². The zero-order chi connectivity index (χ0) is 15.5. The van der Waals surface area contributed by atoms with Crippen LogP contribution in [-0.4, -0.2) is 12.5 Å². The van der Waals surface area contributed by atoms with Gasteiger partial charge in [0.05, 0.1) is 12.7 Å². The van der Waals surface area contributed by atoms with Crippen LogP contribution in [0.5, 0.6) is 0 Å². The van der Waals surface area contributed by atoms with Gasteiger partial charge in [0.25, 0.3) is 0 Å². The summed E-state index contributed by atoms with van der Waals surface area (Å²) >= 11 is 1.72. The van der Waals surface area contributed by atoms with Gasteiger partial charge in [-0.2, -0.15) is 0 Å². The lowest BCUT2D eigenvalue weighted by atomic mass is 10.0. The standard InChI is InChI=1S/C18H19NO2S/c1-12-5-6-16-14(11-21-18(16)13(12)2)10-17(20)19-8-7-15-4-3-9-22-15/h3-6,9,11H,7-8,10H2,1-2H3,(H,19,20). The third kappa shape index (κ3) is 3.07. The summed E-state index contributed by atoms with van der Waals surface area (Å²) < 4.78 is 5.65. The fraction of sp³-hybridized carbons (Fsp3) is 0.278. The number of fused-ring (bicyclic) bond motifs is 1. The van der Waals surface area contributed by atoms with Gasteiger partial charge in [0, 0.05) is 22.4 Å². The second-order valence-corrected chi connectivity index (χ2v) is 6.53. The largest absolute Gasteiger partial charge is 0.464 e. The molecule has 2 heterocycles. The second kappa shape index (κ2) is 6.36. The Morgan fingerprint density at radius 2 is 2.14 bits per heavy atom. The molecule has 1 aromatic carbocycles. The average Bonchev–Trinajstić information content (AvgIpc) is 3.13. The van der Waals surface area contributed by atoms with E-state index < -0.39 is 0 Å². The number of nitrogens with one attached hydrogen (secondary N) is 1. The molecule has 1 amide bonds. The summed E-state index contributed by atoms with van der Waals surface area (Å²) in [5, 5.41) is 6.07. The van der Waals surface area contributed by atoms with Crippen LogP contribution in [0, 0.1) is 13.8 Å². The summed E-state index contributed by atoms with van der Waals surface area (Å²) in [6, 6.07) is 8.23. The molecule has 3 nitrogen and oxygen atoms in total. The van der Waals surface area contributed by atoms with E-state index in [1.54, 1.807) is 17.6 Å². The van der Waals surface area contributed by atoms with E-state index in [0.29, 0.717) is 13.0 Å². The van der Waals surface area contributed by atoms with Crippen molar-refractivity contribution in [1.82, 2.24) is 5.32 Å². The predicted molar refractivity (Wildman–Crippen MR) is 90.4 cm³/mol. The SMILES string of the molecule is Cc1ccc2c(CC(=O)NCCc3cccs3)coc2c1C. The van der Waals surface area contributed by atoms with Crippen molar-refractivity contribution in [1.29, 1.82) is 0 Å². The molecule has 1 N–H and O–H groups in total. The summed E-state index contributed by atoms with van der Waals surface area (Å²) in [4.78, 5) is 13.4. The van der Waals surface area contributed by atoms with Crippen molar-refractivity contribution in [2.24, 2.45) is 0 Å². The molecule has 0 saturated carbocycles. The zero-order valence-corrected chi connectivity index (χ0v) is 13.6. The van der Waals surface area contributed by atoms with Crippen molar-refractivity contribution in [2.75, 3.05) is 6.54 Å². The van der Waals surface area contributed by atoms with Gasteiger partial charge in [0.15, 0.2) is 0 Å². The minimum atomic E-state index is 0.0393. The first-order valence-corrected chi connectivity index (χ1v) is 8.28. The summed E-state index contributed by atoms with van der Waals surface area (Å²) in [5.41, 5.74) is 4.18. The van der Waals surface area contributed by atoms with Crippen molar-refractivity contribution < 1.29 is 9.21 Å². The number of carbonyl (C=O) groups excluding carboxylic acids is 1. The minimum Gasteiger partial charge on any atom is -0.464 e. The fourth-order valence-electron chi connectivity index (χ4n) is 2.54. The Bertz CT molecular complexity index is 787. The van der Waals surface area contributed by atoms with Crippen LogP contribution in [0.15, 0.2) is 40.3 Å². The highest BCUT2D eigenvalue weighted by Crippen LogP contribution is 2.26. The Morgan fingerprint density at radius 3 is 2.91 bits per heavy atom. The predicted octanol–water partition coefficient (Wildman–Crippen LogP) is 4.01. The van der Waals surface area contributed by atoms with Crippen molar-refractivity contribution in [3.63, 3.8) is 0 Å². The first kappa shape index (κ1) is 14.9. The lowest BCUT2D eigenvalue weighted by Gasteiger charge is -2.04. The maximum atomic E-state index is 12.1. The molecule has 0 spiro atoms. The zero-order valence-electron chi connectivity index (χ0n) is 12.8. The van der Waals surface area contributed by atoms with Gasteiger partial charge in [-0.25, -0.2) is 0 Å². The number of amides is 1. The normalized spacial score (nSPS) is 11.0. The number of thiophene rings is 1. The van der Waals surface area contributed by atoms with Crippen molar-refractivity contribution in [2.45, 2.75) is 26.7 Å². The van der Waals surface area contributed by atoms with E-state index in [1.807, 2.05) is 19.1 Å². The van der Waals surface area contributed by atoms with Crippen LogP contribution >= 0.6 is 11.3 Å². The molecule has 3 rings (SSSR count). The molecule has 0 aliphatic carbocycles. The number of carbonyl (C=O) groups is 1. The summed E-state index contributed by atoms with van der Waals surface area (Å²) in [7, 11) is 0. The first-order valence-electron chi connectivity index (χ1n) is 7.40. The molecule has 0 radical (unpaired) electrons. The van der Waals surface area contributed by atoms with Gasteiger partial charge in [-0.3, -0.25) is 4.79 Å². The quantitative estimate of drug-likeness (QED) is 0.773. The van der Waals surface area contributed by atoms with E-state index in [1.165, 1.54) is 10.4 Å². The monoisotopic (exact) mass is 313 g/mol. The van der Waals surface area contributed by atoms with Gasteiger partial charge in [-0.15, -0.1) is 11.3 Å². The third-order valence-electron chi connectivity index (χ3n) is 3.97.